The lowest BCUT2D eigenvalue weighted by molar-refractivity contribution is 0.105. The molecule has 0 fully saturated rings. The summed E-state index contributed by atoms with van der Waals surface area (Å²) >= 11 is 5.63. The first-order valence-electron chi connectivity index (χ1n) is 4.16. The second-order valence-electron chi connectivity index (χ2n) is 2.88. The summed E-state index contributed by atoms with van der Waals surface area (Å²) in [6.45, 7) is 1.73. The van der Waals surface area contributed by atoms with E-state index in [1.807, 2.05) is 0 Å². The number of aliphatic hydroxyl groups is 2. The van der Waals surface area contributed by atoms with Crippen molar-refractivity contribution in [2.45, 2.75) is 13.0 Å². The predicted molar refractivity (Wildman–Crippen MR) is 53.4 cm³/mol. The number of nitrogens with zero attached hydrogens (tertiary/aromatic N) is 2. The molecule has 0 aliphatic carbocycles. The van der Waals surface area contributed by atoms with Crippen LogP contribution in [-0.2, 0) is 0 Å². The topological polar surface area (TPSA) is 78.3 Å². The molecule has 6 heteroatoms. The molecule has 1 rings (SSSR count). The molecule has 5 nitrogen and oxygen atoms in total. The fraction of sp³-hybridized carbons (Fsp3) is 0.500. The highest BCUT2D eigenvalue weighted by molar-refractivity contribution is 6.28. The quantitative estimate of drug-likeness (QED) is 0.629. The van der Waals surface area contributed by atoms with Gasteiger partial charge in [0, 0.05) is 18.3 Å². The standard InChI is InChI=1S/C8H12ClN3O2/c1-5-2-7(12-8(9)11-5)10-3-6(14)4-13/h2,6,13-14H,3-4H2,1H3,(H,10,11,12)/t6-/m0/s1. The van der Waals surface area contributed by atoms with Crippen molar-refractivity contribution in [2.75, 3.05) is 18.5 Å². The lowest BCUT2D eigenvalue weighted by Crippen LogP contribution is -2.23. The predicted octanol–water partition coefficient (Wildman–Crippen LogP) is 0.204. The smallest absolute Gasteiger partial charge is 0.224 e. The summed E-state index contributed by atoms with van der Waals surface area (Å²) in [6.07, 6.45) is -0.802. The lowest BCUT2D eigenvalue weighted by Gasteiger charge is -2.09. The van der Waals surface area contributed by atoms with E-state index in [9.17, 15) is 0 Å². The molecular weight excluding hydrogens is 206 g/mol. The van der Waals surface area contributed by atoms with E-state index >= 15 is 0 Å². The monoisotopic (exact) mass is 217 g/mol. The fourth-order valence-corrected chi connectivity index (χ4v) is 1.13. The van der Waals surface area contributed by atoms with Gasteiger partial charge in [0.1, 0.15) is 5.82 Å². The molecule has 14 heavy (non-hydrogen) atoms. The van der Waals surface area contributed by atoms with Crippen molar-refractivity contribution in [2.24, 2.45) is 0 Å². The Morgan fingerprint density at radius 1 is 1.57 bits per heavy atom. The van der Waals surface area contributed by atoms with Crippen molar-refractivity contribution in [3.8, 4) is 0 Å². The highest BCUT2D eigenvalue weighted by atomic mass is 35.5. The van der Waals surface area contributed by atoms with E-state index in [1.165, 1.54) is 0 Å². The van der Waals surface area contributed by atoms with E-state index in [2.05, 4.69) is 15.3 Å². The van der Waals surface area contributed by atoms with Gasteiger partial charge in [-0.25, -0.2) is 9.97 Å². The van der Waals surface area contributed by atoms with Crippen LogP contribution in [0.15, 0.2) is 6.07 Å². The number of rotatable bonds is 4. The van der Waals surface area contributed by atoms with E-state index in [-0.39, 0.29) is 18.4 Å². The Kier molecular flexibility index (Phi) is 4.06. The molecule has 0 saturated carbocycles. The fourth-order valence-electron chi connectivity index (χ4n) is 0.910. The number of aliphatic hydroxyl groups excluding tert-OH is 2. The summed E-state index contributed by atoms with van der Waals surface area (Å²) in [5.41, 5.74) is 0.742. The van der Waals surface area contributed by atoms with Gasteiger partial charge in [-0.3, -0.25) is 0 Å². The molecule has 0 spiro atoms. The van der Waals surface area contributed by atoms with Crippen LogP contribution in [0.3, 0.4) is 0 Å². The Morgan fingerprint density at radius 2 is 2.29 bits per heavy atom. The van der Waals surface area contributed by atoms with Gasteiger partial charge in [-0.2, -0.15) is 0 Å². The average molecular weight is 218 g/mol. The number of aromatic nitrogens is 2. The maximum atomic E-state index is 9.07. The summed E-state index contributed by atoms with van der Waals surface area (Å²) in [6, 6.07) is 1.70. The van der Waals surface area contributed by atoms with Crippen LogP contribution in [-0.4, -0.2) is 39.4 Å². The van der Waals surface area contributed by atoms with Crippen molar-refractivity contribution in [1.82, 2.24) is 9.97 Å². The van der Waals surface area contributed by atoms with Crippen LogP contribution in [0, 0.1) is 6.92 Å². The number of aryl methyl sites for hydroxylation is 1. The number of halogens is 1. The van der Waals surface area contributed by atoms with Crippen molar-refractivity contribution in [1.29, 1.82) is 0 Å². The van der Waals surface area contributed by atoms with Crippen LogP contribution in [0.2, 0.25) is 5.28 Å². The SMILES string of the molecule is Cc1cc(NC[C@H](O)CO)nc(Cl)n1. The van der Waals surface area contributed by atoms with Crippen LogP contribution in [0.4, 0.5) is 5.82 Å². The lowest BCUT2D eigenvalue weighted by atomic mass is 10.3. The third-order valence-electron chi connectivity index (χ3n) is 1.56. The van der Waals surface area contributed by atoms with Gasteiger partial charge in [0.15, 0.2) is 0 Å². The molecule has 0 bridgehead atoms. The van der Waals surface area contributed by atoms with Crippen LogP contribution in [0.25, 0.3) is 0 Å². The Bertz CT molecular complexity index is 288. The molecule has 0 aliphatic heterocycles. The van der Waals surface area contributed by atoms with Gasteiger partial charge in [0.05, 0.1) is 12.7 Å². The molecule has 0 unspecified atom stereocenters. The summed E-state index contributed by atoms with van der Waals surface area (Å²) < 4.78 is 0. The van der Waals surface area contributed by atoms with Gasteiger partial charge >= 0.3 is 0 Å². The Labute approximate surface area is 86.8 Å². The number of anilines is 1. The zero-order valence-corrected chi connectivity index (χ0v) is 8.49. The zero-order chi connectivity index (χ0) is 10.6. The number of nitrogens with one attached hydrogen (secondary N) is 1. The molecule has 0 radical (unpaired) electrons. The molecule has 1 aromatic heterocycles. The Balaban J connectivity index is 2.58. The van der Waals surface area contributed by atoms with E-state index in [1.54, 1.807) is 13.0 Å². The van der Waals surface area contributed by atoms with E-state index in [4.69, 9.17) is 21.8 Å². The van der Waals surface area contributed by atoms with Crippen LogP contribution in [0.1, 0.15) is 5.69 Å². The minimum absolute atomic E-state index is 0.158. The Morgan fingerprint density at radius 3 is 2.86 bits per heavy atom. The van der Waals surface area contributed by atoms with Gasteiger partial charge in [0.2, 0.25) is 5.28 Å². The van der Waals surface area contributed by atoms with Gasteiger partial charge in [-0.05, 0) is 18.5 Å². The van der Waals surface area contributed by atoms with Crippen LogP contribution in [0.5, 0.6) is 0 Å². The summed E-state index contributed by atoms with van der Waals surface area (Å²) in [7, 11) is 0. The van der Waals surface area contributed by atoms with Crippen molar-refractivity contribution in [3.63, 3.8) is 0 Å². The summed E-state index contributed by atoms with van der Waals surface area (Å²) in [5, 5.41) is 20.6. The van der Waals surface area contributed by atoms with Gasteiger partial charge in [0.25, 0.3) is 0 Å². The molecule has 1 atom stereocenters. The summed E-state index contributed by atoms with van der Waals surface area (Å²) in [4.78, 5) is 7.77. The molecule has 0 saturated heterocycles. The molecular formula is C8H12ClN3O2. The van der Waals surface area contributed by atoms with Crippen LogP contribution < -0.4 is 5.32 Å². The number of hydrogen-bond acceptors (Lipinski definition) is 5. The molecule has 1 aromatic rings. The van der Waals surface area contributed by atoms with E-state index in [0.29, 0.717) is 5.82 Å². The largest absolute Gasteiger partial charge is 0.394 e. The molecule has 0 amide bonds. The van der Waals surface area contributed by atoms with Gasteiger partial charge < -0.3 is 15.5 Å². The second kappa shape index (κ2) is 5.09. The van der Waals surface area contributed by atoms with Crippen molar-refractivity contribution < 1.29 is 10.2 Å². The maximum Gasteiger partial charge on any atom is 0.224 e. The van der Waals surface area contributed by atoms with Gasteiger partial charge in [-0.15, -0.1) is 0 Å². The second-order valence-corrected chi connectivity index (χ2v) is 3.22. The third kappa shape index (κ3) is 3.45. The highest BCUT2D eigenvalue weighted by Gasteiger charge is 2.03. The highest BCUT2D eigenvalue weighted by Crippen LogP contribution is 2.09. The van der Waals surface area contributed by atoms with Crippen molar-refractivity contribution in [3.05, 3.63) is 17.0 Å². The maximum absolute atomic E-state index is 9.07. The number of hydrogen-bond donors (Lipinski definition) is 3. The van der Waals surface area contributed by atoms with Crippen LogP contribution >= 0.6 is 11.6 Å². The normalized spacial score (nSPS) is 12.6. The third-order valence-corrected chi connectivity index (χ3v) is 1.73. The zero-order valence-electron chi connectivity index (χ0n) is 7.74. The average Bonchev–Trinajstić information content (AvgIpc) is 2.12. The molecule has 3 N–H and O–H groups in total. The first-order valence-corrected chi connectivity index (χ1v) is 4.53. The first kappa shape index (κ1) is 11.2. The molecule has 0 aromatic carbocycles. The minimum Gasteiger partial charge on any atom is -0.394 e. The van der Waals surface area contributed by atoms with Crippen molar-refractivity contribution >= 4 is 17.4 Å². The minimum atomic E-state index is -0.802. The molecule has 1 heterocycles. The molecule has 0 aliphatic rings. The first-order chi connectivity index (χ1) is 6.61. The van der Waals surface area contributed by atoms with Gasteiger partial charge in [-0.1, -0.05) is 0 Å². The summed E-state index contributed by atoms with van der Waals surface area (Å²) in [5.74, 6) is 0.537. The van der Waals surface area contributed by atoms with E-state index in [0.717, 1.165) is 5.69 Å². The Hall–Kier alpha value is -0.910. The molecule has 78 valence electrons. The van der Waals surface area contributed by atoms with E-state index < -0.39 is 6.10 Å².